The zero-order valence-electron chi connectivity index (χ0n) is 53.4. The maximum atomic E-state index is 12.9. The van der Waals surface area contributed by atoms with Crippen molar-refractivity contribution in [3.63, 3.8) is 0 Å². The number of allylic oxidation sites excluding steroid dienone is 28. The maximum Gasteiger partial charge on any atom is 0.306 e. The lowest BCUT2D eigenvalue weighted by atomic mass is 10.0. The van der Waals surface area contributed by atoms with Gasteiger partial charge in [0.15, 0.2) is 6.10 Å². The first kappa shape index (κ1) is 77.8. The number of esters is 3. The molecule has 0 saturated heterocycles. The molecule has 0 heterocycles. The number of carbonyl (C=O) groups excluding carboxylic acids is 3. The number of carbonyl (C=O) groups is 3. The van der Waals surface area contributed by atoms with Crippen LogP contribution in [0.25, 0.3) is 0 Å². The number of ether oxygens (including phenoxy) is 3. The quantitative estimate of drug-likeness (QED) is 0.0261. The lowest BCUT2D eigenvalue weighted by Crippen LogP contribution is -2.30. The number of unbranched alkanes of at least 4 members (excludes halogenated alkanes) is 20. The van der Waals surface area contributed by atoms with Gasteiger partial charge in [0.25, 0.3) is 0 Å². The van der Waals surface area contributed by atoms with E-state index >= 15 is 0 Å². The monoisotopic (exact) mass is 1140 g/mol. The van der Waals surface area contributed by atoms with Crippen molar-refractivity contribution < 1.29 is 28.6 Å². The van der Waals surface area contributed by atoms with Gasteiger partial charge >= 0.3 is 17.9 Å². The van der Waals surface area contributed by atoms with Gasteiger partial charge in [0.05, 0.1) is 0 Å². The summed E-state index contributed by atoms with van der Waals surface area (Å²) >= 11 is 0. The normalized spacial score (nSPS) is 13.2. The molecule has 0 aliphatic carbocycles. The second kappa shape index (κ2) is 69.3. The Balaban J connectivity index is 4.41. The largest absolute Gasteiger partial charge is 0.462 e. The standard InChI is InChI=1S/C77H122O6/c1-4-7-10-13-16-19-22-25-28-30-32-33-34-35-36-37-38-39-40-41-42-43-45-46-49-52-55-58-61-64-67-70-76(79)82-73-74(72-81-75(78)69-66-63-60-57-54-51-48-27-24-21-18-15-12-9-6-3)83-77(80)71-68-65-62-59-56-53-50-47-44-31-29-26-23-20-17-14-11-8-5-2/h7-8,10-11,16-21,25-29,32-33,35-36,38-39,44,47-48,53,56,62,65,74H,4-6,9,12-15,22-24,30-31,34,37,40-43,45-46,49-52,54-55,57-61,63-64,66-73H2,1-3H3/b10-7-,11-8-,19-16-,20-17-,21-18-,28-25-,29-26-,33-32-,36-35-,39-38-,47-44-,48-27-,56-53-,65-62-. The Morgan fingerprint density at radius 1 is 0.253 bits per heavy atom. The van der Waals surface area contributed by atoms with E-state index in [0.29, 0.717) is 19.3 Å². The molecule has 0 radical (unpaired) electrons. The molecule has 0 aliphatic rings. The van der Waals surface area contributed by atoms with E-state index < -0.39 is 12.1 Å². The lowest BCUT2D eigenvalue weighted by Gasteiger charge is -2.18. The molecule has 466 valence electrons. The molecule has 1 atom stereocenters. The Kier molecular flexibility index (Phi) is 64.9. The first-order chi connectivity index (χ1) is 41.0. The van der Waals surface area contributed by atoms with Gasteiger partial charge in [0.2, 0.25) is 0 Å². The molecule has 0 fully saturated rings. The summed E-state index contributed by atoms with van der Waals surface area (Å²) in [5.41, 5.74) is 0. The van der Waals surface area contributed by atoms with E-state index in [1.807, 2.05) is 6.08 Å². The number of rotatable bonds is 59. The van der Waals surface area contributed by atoms with Crippen LogP contribution < -0.4 is 0 Å². The van der Waals surface area contributed by atoms with Crippen LogP contribution in [0.4, 0.5) is 0 Å². The van der Waals surface area contributed by atoms with E-state index in [2.05, 4.69) is 185 Å². The van der Waals surface area contributed by atoms with Gasteiger partial charge in [-0.1, -0.05) is 287 Å². The summed E-state index contributed by atoms with van der Waals surface area (Å²) in [6.07, 6.45) is 102. The second-order valence-electron chi connectivity index (χ2n) is 21.6. The molecule has 0 amide bonds. The first-order valence-corrected chi connectivity index (χ1v) is 33.6. The van der Waals surface area contributed by atoms with E-state index in [-0.39, 0.29) is 31.6 Å². The molecular weight excluding hydrogens is 1020 g/mol. The predicted molar refractivity (Wildman–Crippen MR) is 361 cm³/mol. The van der Waals surface area contributed by atoms with Gasteiger partial charge in [-0.05, 0) is 141 Å². The highest BCUT2D eigenvalue weighted by atomic mass is 16.6. The van der Waals surface area contributed by atoms with Crippen molar-refractivity contribution in [2.24, 2.45) is 0 Å². The Hall–Kier alpha value is -5.23. The van der Waals surface area contributed by atoms with Gasteiger partial charge in [0.1, 0.15) is 13.2 Å². The average Bonchev–Trinajstić information content (AvgIpc) is 3.49. The molecule has 0 spiro atoms. The van der Waals surface area contributed by atoms with Gasteiger partial charge in [-0.3, -0.25) is 14.4 Å². The Labute approximate surface area is 511 Å². The molecule has 0 aromatic heterocycles. The number of hydrogen-bond donors (Lipinski definition) is 0. The second-order valence-corrected chi connectivity index (χ2v) is 21.6. The minimum Gasteiger partial charge on any atom is -0.462 e. The highest BCUT2D eigenvalue weighted by molar-refractivity contribution is 5.71. The molecular formula is C77H122O6. The summed E-state index contributed by atoms with van der Waals surface area (Å²) in [6, 6.07) is 0. The van der Waals surface area contributed by atoms with Crippen molar-refractivity contribution in [1.82, 2.24) is 0 Å². The fourth-order valence-electron chi connectivity index (χ4n) is 8.74. The summed E-state index contributed by atoms with van der Waals surface area (Å²) in [4.78, 5) is 38.3. The van der Waals surface area contributed by atoms with Crippen molar-refractivity contribution in [3.8, 4) is 0 Å². The SMILES string of the molecule is CC/C=C\C/C=C\C/C=C\C/C=C\C/C=C\C/C=C\CCCCCCCCCCCCCCC(=O)OCC(COC(=O)CCCCCCC/C=C\C/C=C\CCCCC)OC(=O)CC/C=C\C/C=C\C/C=C\C/C=C\C/C=C\C/C=C\CC. The zero-order chi connectivity index (χ0) is 59.9. The van der Waals surface area contributed by atoms with E-state index in [0.717, 1.165) is 141 Å². The van der Waals surface area contributed by atoms with Crippen LogP contribution in [0.1, 0.15) is 278 Å². The summed E-state index contributed by atoms with van der Waals surface area (Å²) in [5, 5.41) is 0. The fraction of sp³-hybridized carbons (Fsp3) is 0.597. The van der Waals surface area contributed by atoms with E-state index in [9.17, 15) is 14.4 Å². The van der Waals surface area contributed by atoms with Crippen LogP contribution in [0.5, 0.6) is 0 Å². The topological polar surface area (TPSA) is 78.9 Å². The van der Waals surface area contributed by atoms with Crippen LogP contribution in [0.2, 0.25) is 0 Å². The third kappa shape index (κ3) is 67.4. The van der Waals surface area contributed by atoms with Crippen molar-refractivity contribution >= 4 is 17.9 Å². The zero-order valence-corrected chi connectivity index (χ0v) is 53.4. The Morgan fingerprint density at radius 2 is 0.494 bits per heavy atom. The summed E-state index contributed by atoms with van der Waals surface area (Å²) in [7, 11) is 0. The third-order valence-electron chi connectivity index (χ3n) is 13.7. The predicted octanol–water partition coefficient (Wildman–Crippen LogP) is 23.4. The summed E-state index contributed by atoms with van der Waals surface area (Å²) in [6.45, 7) is 6.31. The van der Waals surface area contributed by atoms with Crippen molar-refractivity contribution in [1.29, 1.82) is 0 Å². The molecule has 1 unspecified atom stereocenters. The summed E-state index contributed by atoms with van der Waals surface area (Å²) < 4.78 is 16.9. The van der Waals surface area contributed by atoms with Gasteiger partial charge in [-0.25, -0.2) is 0 Å². The highest BCUT2D eigenvalue weighted by Crippen LogP contribution is 2.15. The van der Waals surface area contributed by atoms with Crippen LogP contribution in [-0.4, -0.2) is 37.2 Å². The van der Waals surface area contributed by atoms with E-state index in [1.54, 1.807) is 0 Å². The molecule has 6 heteroatoms. The molecule has 83 heavy (non-hydrogen) atoms. The molecule has 0 N–H and O–H groups in total. The Bertz CT molecular complexity index is 1890. The van der Waals surface area contributed by atoms with Gasteiger partial charge < -0.3 is 14.2 Å². The van der Waals surface area contributed by atoms with Crippen LogP contribution in [0, 0.1) is 0 Å². The molecule has 0 saturated carbocycles. The lowest BCUT2D eigenvalue weighted by molar-refractivity contribution is -0.166. The number of hydrogen-bond acceptors (Lipinski definition) is 6. The van der Waals surface area contributed by atoms with E-state index in [1.165, 1.54) is 89.9 Å². The van der Waals surface area contributed by atoms with Crippen LogP contribution in [0.15, 0.2) is 170 Å². The molecule has 6 nitrogen and oxygen atoms in total. The molecule has 0 rings (SSSR count). The first-order valence-electron chi connectivity index (χ1n) is 33.6. The summed E-state index contributed by atoms with van der Waals surface area (Å²) in [5.74, 6) is -1.02. The van der Waals surface area contributed by atoms with Crippen LogP contribution in [0.3, 0.4) is 0 Å². The van der Waals surface area contributed by atoms with E-state index in [4.69, 9.17) is 14.2 Å². The van der Waals surface area contributed by atoms with Gasteiger partial charge in [0, 0.05) is 19.3 Å². The van der Waals surface area contributed by atoms with Gasteiger partial charge in [-0.15, -0.1) is 0 Å². The van der Waals surface area contributed by atoms with Crippen molar-refractivity contribution in [3.05, 3.63) is 170 Å². The molecule has 0 aromatic carbocycles. The minimum absolute atomic E-state index is 0.120. The fourth-order valence-corrected chi connectivity index (χ4v) is 8.74. The van der Waals surface area contributed by atoms with Gasteiger partial charge in [-0.2, -0.15) is 0 Å². The van der Waals surface area contributed by atoms with Crippen molar-refractivity contribution in [2.45, 2.75) is 284 Å². The highest BCUT2D eigenvalue weighted by Gasteiger charge is 2.19. The van der Waals surface area contributed by atoms with Crippen molar-refractivity contribution in [2.75, 3.05) is 13.2 Å². The van der Waals surface area contributed by atoms with Crippen LogP contribution in [-0.2, 0) is 28.6 Å². The minimum atomic E-state index is -0.835. The van der Waals surface area contributed by atoms with Crippen LogP contribution >= 0.6 is 0 Å². The average molecular weight is 1140 g/mol. The molecule has 0 aliphatic heterocycles. The molecule has 0 aromatic rings. The smallest absolute Gasteiger partial charge is 0.306 e. The Morgan fingerprint density at radius 3 is 0.783 bits per heavy atom. The third-order valence-corrected chi connectivity index (χ3v) is 13.7. The maximum absolute atomic E-state index is 12.9. The molecule has 0 bridgehead atoms.